The molecule has 1 unspecified atom stereocenters. The average Bonchev–Trinajstić information content (AvgIpc) is 3.43. The number of esters is 3. The minimum absolute atomic E-state index is 0.0608. The largest absolute Gasteiger partial charge is 0.462 e. The summed E-state index contributed by atoms with van der Waals surface area (Å²) < 4.78 is 16.9. The summed E-state index contributed by atoms with van der Waals surface area (Å²) in [6.45, 7) is 6.72. The molecule has 0 aromatic rings. The van der Waals surface area contributed by atoms with Crippen molar-refractivity contribution in [1.29, 1.82) is 0 Å². The second kappa shape index (κ2) is 66.9. The van der Waals surface area contributed by atoms with E-state index in [0.717, 1.165) is 57.8 Å². The number of carbonyl (C=O) groups excluding carboxylic acids is 3. The number of carbonyl (C=O) groups is 3. The minimum Gasteiger partial charge on any atom is -0.462 e. The molecule has 0 aromatic heterocycles. The van der Waals surface area contributed by atoms with E-state index in [1.807, 2.05) is 0 Å². The Balaban J connectivity index is 3.98. The van der Waals surface area contributed by atoms with Gasteiger partial charge in [0.25, 0.3) is 0 Å². The lowest BCUT2D eigenvalue weighted by atomic mass is 10.0. The molecule has 0 heterocycles. The van der Waals surface area contributed by atoms with Gasteiger partial charge >= 0.3 is 17.9 Å². The van der Waals surface area contributed by atoms with Crippen molar-refractivity contribution >= 4 is 17.9 Å². The third-order valence-corrected chi connectivity index (χ3v) is 16.6. The van der Waals surface area contributed by atoms with Crippen LogP contribution in [-0.2, 0) is 28.6 Å². The number of hydrogen-bond acceptors (Lipinski definition) is 6. The molecule has 77 heavy (non-hydrogen) atoms. The lowest BCUT2D eigenvalue weighted by molar-refractivity contribution is -0.167. The van der Waals surface area contributed by atoms with Gasteiger partial charge < -0.3 is 14.2 Å². The molecule has 0 saturated carbocycles. The average molecular weight is 1090 g/mol. The SMILES string of the molecule is CCCCCCCCCCCCCCCCCCCCCCCCCCCCCCCCCCCC(=O)OCC(COC(=O)CCCCCCCCCCCC)OC(=O)CCCCCCCCCCCCCCCCCC. The Hall–Kier alpha value is -1.59. The van der Waals surface area contributed by atoms with E-state index >= 15 is 0 Å². The molecule has 0 bridgehead atoms. The van der Waals surface area contributed by atoms with Gasteiger partial charge in [0.2, 0.25) is 0 Å². The van der Waals surface area contributed by atoms with E-state index in [4.69, 9.17) is 14.2 Å². The fraction of sp³-hybridized carbons (Fsp3) is 0.958. The van der Waals surface area contributed by atoms with Crippen molar-refractivity contribution in [3.63, 3.8) is 0 Å². The zero-order chi connectivity index (χ0) is 55.7. The summed E-state index contributed by atoms with van der Waals surface area (Å²) in [4.78, 5) is 38.2. The summed E-state index contributed by atoms with van der Waals surface area (Å²) >= 11 is 0. The van der Waals surface area contributed by atoms with Crippen LogP contribution in [0.4, 0.5) is 0 Å². The van der Waals surface area contributed by atoms with E-state index in [9.17, 15) is 14.4 Å². The molecule has 0 radical (unpaired) electrons. The molecule has 0 aromatic carbocycles. The summed E-state index contributed by atoms with van der Waals surface area (Å²) in [6.07, 6.45) is 78.8. The van der Waals surface area contributed by atoms with Crippen LogP contribution in [0.3, 0.4) is 0 Å². The Labute approximate surface area is 482 Å². The molecule has 0 aliphatic heterocycles. The number of rotatable bonds is 67. The number of ether oxygens (including phenoxy) is 3. The highest BCUT2D eigenvalue weighted by Crippen LogP contribution is 2.20. The molecular weight excluding hydrogens is 949 g/mol. The fourth-order valence-electron chi connectivity index (χ4n) is 11.3. The molecule has 458 valence electrons. The van der Waals surface area contributed by atoms with Gasteiger partial charge in [0, 0.05) is 19.3 Å². The smallest absolute Gasteiger partial charge is 0.306 e. The normalized spacial score (nSPS) is 11.9. The van der Waals surface area contributed by atoms with E-state index in [1.165, 1.54) is 321 Å². The van der Waals surface area contributed by atoms with Crippen LogP contribution in [-0.4, -0.2) is 37.2 Å². The third kappa shape index (κ3) is 65.1. The molecule has 0 N–H and O–H groups in total. The van der Waals surface area contributed by atoms with Crippen LogP contribution >= 0.6 is 0 Å². The highest BCUT2D eigenvalue weighted by molar-refractivity contribution is 5.71. The molecule has 0 aliphatic carbocycles. The van der Waals surface area contributed by atoms with Crippen LogP contribution in [0.2, 0.25) is 0 Å². The first kappa shape index (κ1) is 75.4. The van der Waals surface area contributed by atoms with E-state index in [2.05, 4.69) is 20.8 Å². The van der Waals surface area contributed by atoms with Gasteiger partial charge in [0.15, 0.2) is 6.10 Å². The Morgan fingerprint density at radius 3 is 0.519 bits per heavy atom. The molecule has 0 spiro atoms. The lowest BCUT2D eigenvalue weighted by Gasteiger charge is -2.18. The van der Waals surface area contributed by atoms with Gasteiger partial charge in [0.1, 0.15) is 13.2 Å². The molecule has 0 rings (SSSR count). The first-order valence-corrected chi connectivity index (χ1v) is 35.5. The standard InChI is InChI=1S/C71H138O6/c1-4-7-10-13-16-19-22-24-26-28-29-30-31-32-33-34-35-36-37-38-39-40-41-42-43-44-46-47-49-52-55-58-61-64-70(73)76-67-68(66-75-69(72)63-60-57-54-51-21-18-15-12-9-6-3)77-71(74)65-62-59-56-53-50-48-45-27-25-23-20-17-14-11-8-5-2/h68H,4-67H2,1-3H3. The molecular formula is C71H138O6. The maximum Gasteiger partial charge on any atom is 0.306 e. The van der Waals surface area contributed by atoms with Crippen LogP contribution in [0.5, 0.6) is 0 Å². The highest BCUT2D eigenvalue weighted by Gasteiger charge is 2.19. The van der Waals surface area contributed by atoms with Crippen LogP contribution in [0.1, 0.15) is 419 Å². The molecule has 6 heteroatoms. The zero-order valence-corrected chi connectivity index (χ0v) is 52.8. The topological polar surface area (TPSA) is 78.9 Å². The Bertz CT molecular complexity index is 1160. The third-order valence-electron chi connectivity index (χ3n) is 16.6. The summed E-state index contributed by atoms with van der Waals surface area (Å²) in [5.74, 6) is -0.828. The van der Waals surface area contributed by atoms with Crippen molar-refractivity contribution in [2.75, 3.05) is 13.2 Å². The molecule has 6 nitrogen and oxygen atoms in total. The van der Waals surface area contributed by atoms with Crippen molar-refractivity contribution < 1.29 is 28.6 Å². The van der Waals surface area contributed by atoms with Crippen LogP contribution in [0.15, 0.2) is 0 Å². The van der Waals surface area contributed by atoms with Crippen LogP contribution < -0.4 is 0 Å². The van der Waals surface area contributed by atoms with Gasteiger partial charge in [-0.25, -0.2) is 0 Å². The quantitative estimate of drug-likeness (QED) is 0.0343. The van der Waals surface area contributed by atoms with E-state index in [-0.39, 0.29) is 31.1 Å². The minimum atomic E-state index is -0.762. The first-order chi connectivity index (χ1) is 38.0. The van der Waals surface area contributed by atoms with Gasteiger partial charge in [-0.15, -0.1) is 0 Å². The summed E-state index contributed by atoms with van der Waals surface area (Å²) in [6, 6.07) is 0. The van der Waals surface area contributed by atoms with Gasteiger partial charge in [-0.2, -0.15) is 0 Å². The Morgan fingerprint density at radius 1 is 0.208 bits per heavy atom. The van der Waals surface area contributed by atoms with Gasteiger partial charge in [0.05, 0.1) is 0 Å². The van der Waals surface area contributed by atoms with Crippen molar-refractivity contribution in [3.05, 3.63) is 0 Å². The van der Waals surface area contributed by atoms with E-state index in [1.54, 1.807) is 0 Å². The summed E-state index contributed by atoms with van der Waals surface area (Å²) in [7, 11) is 0. The van der Waals surface area contributed by atoms with E-state index < -0.39 is 6.10 Å². The Morgan fingerprint density at radius 2 is 0.351 bits per heavy atom. The zero-order valence-electron chi connectivity index (χ0n) is 52.8. The molecule has 0 amide bonds. The predicted molar refractivity (Wildman–Crippen MR) is 335 cm³/mol. The maximum absolute atomic E-state index is 12.9. The van der Waals surface area contributed by atoms with Gasteiger partial charge in [-0.1, -0.05) is 380 Å². The van der Waals surface area contributed by atoms with Crippen molar-refractivity contribution in [2.24, 2.45) is 0 Å². The number of hydrogen-bond donors (Lipinski definition) is 0. The van der Waals surface area contributed by atoms with Crippen LogP contribution in [0.25, 0.3) is 0 Å². The van der Waals surface area contributed by atoms with Gasteiger partial charge in [-0.05, 0) is 19.3 Å². The highest BCUT2D eigenvalue weighted by atomic mass is 16.6. The lowest BCUT2D eigenvalue weighted by Crippen LogP contribution is -2.30. The summed E-state index contributed by atoms with van der Waals surface area (Å²) in [5, 5.41) is 0. The second-order valence-electron chi connectivity index (χ2n) is 24.5. The molecule has 0 aliphatic rings. The Kier molecular flexibility index (Phi) is 65.5. The van der Waals surface area contributed by atoms with E-state index in [0.29, 0.717) is 19.3 Å². The predicted octanol–water partition coefficient (Wildman–Crippen LogP) is 24.2. The second-order valence-corrected chi connectivity index (χ2v) is 24.5. The number of unbranched alkanes of at least 4 members (excludes halogenated alkanes) is 56. The fourth-order valence-corrected chi connectivity index (χ4v) is 11.3. The van der Waals surface area contributed by atoms with Gasteiger partial charge in [-0.3, -0.25) is 14.4 Å². The van der Waals surface area contributed by atoms with Crippen molar-refractivity contribution in [2.45, 2.75) is 425 Å². The van der Waals surface area contributed by atoms with Crippen molar-refractivity contribution in [1.82, 2.24) is 0 Å². The summed E-state index contributed by atoms with van der Waals surface area (Å²) in [5.41, 5.74) is 0. The molecule has 1 atom stereocenters. The maximum atomic E-state index is 12.9. The first-order valence-electron chi connectivity index (χ1n) is 35.5. The van der Waals surface area contributed by atoms with Crippen molar-refractivity contribution in [3.8, 4) is 0 Å². The monoisotopic (exact) mass is 1090 g/mol. The molecule has 0 saturated heterocycles. The molecule has 0 fully saturated rings. The van der Waals surface area contributed by atoms with Crippen LogP contribution in [0, 0.1) is 0 Å².